The molecule has 0 aliphatic carbocycles. The zero-order valence-electron chi connectivity index (χ0n) is 10.5. The van der Waals surface area contributed by atoms with E-state index in [1.165, 1.54) is 5.56 Å². The summed E-state index contributed by atoms with van der Waals surface area (Å²) in [4.78, 5) is 0. The predicted octanol–water partition coefficient (Wildman–Crippen LogP) is 5.39. The van der Waals surface area contributed by atoms with E-state index in [4.69, 9.17) is 28.9 Å². The number of nitrogens with two attached hydrogens (primary N) is 1. The first-order valence-corrected chi connectivity index (χ1v) is 6.51. The third-order valence-corrected chi connectivity index (χ3v) is 3.15. The quantitative estimate of drug-likeness (QED) is 0.697. The molecule has 0 fully saturated rings. The van der Waals surface area contributed by atoms with Crippen LogP contribution in [0, 0.1) is 0 Å². The van der Waals surface area contributed by atoms with Crippen molar-refractivity contribution >= 4 is 28.9 Å². The van der Waals surface area contributed by atoms with Crippen molar-refractivity contribution < 1.29 is 0 Å². The van der Waals surface area contributed by atoms with E-state index in [2.05, 4.69) is 38.1 Å². The first kappa shape index (κ1) is 14.9. The zero-order chi connectivity index (χ0) is 13.5. The molecule has 0 heterocycles. The molecule has 1 nitrogen and oxygen atoms in total. The van der Waals surface area contributed by atoms with Gasteiger partial charge in [0.05, 0.1) is 10.0 Å². The van der Waals surface area contributed by atoms with Crippen LogP contribution in [-0.4, -0.2) is 0 Å². The Balaban J connectivity index is 0.000000180. The van der Waals surface area contributed by atoms with Gasteiger partial charge in [-0.25, -0.2) is 0 Å². The smallest absolute Gasteiger partial charge is 0.0612 e. The number of nitrogen functional groups attached to an aromatic ring is 1. The number of halogens is 2. The molecule has 2 rings (SSSR count). The number of hydrogen-bond acceptors (Lipinski definition) is 1. The van der Waals surface area contributed by atoms with E-state index in [0.29, 0.717) is 21.7 Å². The molecule has 0 bridgehead atoms. The standard InChI is InChI=1S/C9H12.C6H5Cl2N/c1-8(2)9-6-4-3-5-7-9;7-5-2-1-4(9)3-6(5)8/h3-8H,1-2H3;1-3H,9H2. The van der Waals surface area contributed by atoms with Gasteiger partial charge in [-0.3, -0.25) is 0 Å². The van der Waals surface area contributed by atoms with Crippen molar-refractivity contribution in [3.8, 4) is 0 Å². The van der Waals surface area contributed by atoms with Crippen molar-refractivity contribution in [3.05, 3.63) is 64.1 Å². The lowest BCUT2D eigenvalue weighted by Gasteiger charge is -2.01. The summed E-state index contributed by atoms with van der Waals surface area (Å²) in [5.74, 6) is 0.659. The average molecular weight is 282 g/mol. The van der Waals surface area contributed by atoms with Gasteiger partial charge in [0, 0.05) is 5.69 Å². The van der Waals surface area contributed by atoms with Crippen molar-refractivity contribution in [1.29, 1.82) is 0 Å². The van der Waals surface area contributed by atoms with Crippen LogP contribution in [0.25, 0.3) is 0 Å². The largest absolute Gasteiger partial charge is 0.399 e. The third-order valence-electron chi connectivity index (χ3n) is 2.41. The first-order valence-electron chi connectivity index (χ1n) is 5.76. The van der Waals surface area contributed by atoms with Gasteiger partial charge in [0.2, 0.25) is 0 Å². The van der Waals surface area contributed by atoms with Gasteiger partial charge in [0.1, 0.15) is 0 Å². The fourth-order valence-corrected chi connectivity index (χ4v) is 1.66. The molecule has 2 aromatic rings. The van der Waals surface area contributed by atoms with Crippen LogP contribution < -0.4 is 5.73 Å². The summed E-state index contributed by atoms with van der Waals surface area (Å²) in [6, 6.07) is 15.5. The molecule has 0 unspecified atom stereocenters. The summed E-state index contributed by atoms with van der Waals surface area (Å²) >= 11 is 11.2. The van der Waals surface area contributed by atoms with E-state index < -0.39 is 0 Å². The van der Waals surface area contributed by atoms with Crippen LogP contribution in [0.3, 0.4) is 0 Å². The fourth-order valence-electron chi connectivity index (χ4n) is 1.35. The lowest BCUT2D eigenvalue weighted by Crippen LogP contribution is -1.83. The minimum absolute atomic E-state index is 0.497. The van der Waals surface area contributed by atoms with Crippen molar-refractivity contribution in [2.24, 2.45) is 0 Å². The highest BCUT2D eigenvalue weighted by Crippen LogP contribution is 2.23. The van der Waals surface area contributed by atoms with Crippen molar-refractivity contribution in [2.75, 3.05) is 5.73 Å². The second kappa shape index (κ2) is 7.30. The molecule has 18 heavy (non-hydrogen) atoms. The highest BCUT2D eigenvalue weighted by Gasteiger charge is 1.94. The van der Waals surface area contributed by atoms with E-state index in [-0.39, 0.29) is 0 Å². The van der Waals surface area contributed by atoms with Gasteiger partial charge < -0.3 is 5.73 Å². The third kappa shape index (κ3) is 4.99. The number of hydrogen-bond donors (Lipinski definition) is 1. The van der Waals surface area contributed by atoms with Crippen LogP contribution in [0.2, 0.25) is 10.0 Å². The maximum absolute atomic E-state index is 5.60. The van der Waals surface area contributed by atoms with Gasteiger partial charge in [-0.05, 0) is 29.7 Å². The second-order valence-electron chi connectivity index (χ2n) is 4.24. The summed E-state index contributed by atoms with van der Waals surface area (Å²) < 4.78 is 0. The summed E-state index contributed by atoms with van der Waals surface area (Å²) in [5, 5.41) is 1.03. The Labute approximate surface area is 119 Å². The van der Waals surface area contributed by atoms with Gasteiger partial charge in [-0.15, -0.1) is 0 Å². The maximum atomic E-state index is 5.60. The lowest BCUT2D eigenvalue weighted by molar-refractivity contribution is 0.867. The molecule has 3 heteroatoms. The Hall–Kier alpha value is -1.18. The van der Waals surface area contributed by atoms with Crippen LogP contribution >= 0.6 is 23.2 Å². The summed E-state index contributed by atoms with van der Waals surface area (Å²) in [6.07, 6.45) is 0. The van der Waals surface area contributed by atoms with Gasteiger partial charge >= 0.3 is 0 Å². The Kier molecular flexibility index (Phi) is 6.03. The van der Waals surface area contributed by atoms with E-state index in [1.807, 2.05) is 6.07 Å². The van der Waals surface area contributed by atoms with E-state index in [9.17, 15) is 0 Å². The Bertz CT molecular complexity index is 481. The highest BCUT2D eigenvalue weighted by molar-refractivity contribution is 6.42. The van der Waals surface area contributed by atoms with Crippen molar-refractivity contribution in [3.63, 3.8) is 0 Å². The molecule has 0 aromatic heterocycles. The van der Waals surface area contributed by atoms with Crippen LogP contribution in [0.4, 0.5) is 5.69 Å². The van der Waals surface area contributed by atoms with Gasteiger partial charge in [0.15, 0.2) is 0 Å². The maximum Gasteiger partial charge on any atom is 0.0612 e. The molecule has 2 aromatic carbocycles. The molecule has 96 valence electrons. The second-order valence-corrected chi connectivity index (χ2v) is 5.05. The lowest BCUT2D eigenvalue weighted by atomic mass is 10.0. The average Bonchev–Trinajstić information content (AvgIpc) is 2.36. The first-order chi connectivity index (χ1) is 8.50. The molecular weight excluding hydrogens is 265 g/mol. The molecule has 0 aliphatic heterocycles. The minimum Gasteiger partial charge on any atom is -0.399 e. The van der Waals surface area contributed by atoms with Gasteiger partial charge in [0.25, 0.3) is 0 Å². The molecule has 0 saturated carbocycles. The molecule has 0 amide bonds. The van der Waals surface area contributed by atoms with Crippen LogP contribution in [0.15, 0.2) is 48.5 Å². The minimum atomic E-state index is 0.497. The molecule has 0 radical (unpaired) electrons. The normalized spacial score (nSPS) is 9.83. The van der Waals surface area contributed by atoms with Crippen molar-refractivity contribution in [2.45, 2.75) is 19.8 Å². The summed E-state index contributed by atoms with van der Waals surface area (Å²) in [5.41, 5.74) is 7.43. The molecule has 0 saturated heterocycles. The number of anilines is 1. The van der Waals surface area contributed by atoms with Gasteiger partial charge in [-0.2, -0.15) is 0 Å². The van der Waals surface area contributed by atoms with Crippen LogP contribution in [-0.2, 0) is 0 Å². The molecule has 0 spiro atoms. The Morgan fingerprint density at radius 1 is 0.889 bits per heavy atom. The van der Waals surface area contributed by atoms with Crippen molar-refractivity contribution in [1.82, 2.24) is 0 Å². The van der Waals surface area contributed by atoms with Gasteiger partial charge in [-0.1, -0.05) is 67.4 Å². The molecule has 0 atom stereocenters. The van der Waals surface area contributed by atoms with Crippen LogP contribution in [0.5, 0.6) is 0 Å². The number of benzene rings is 2. The molecule has 0 aliphatic rings. The van der Waals surface area contributed by atoms with Crippen LogP contribution in [0.1, 0.15) is 25.3 Å². The molecule has 2 N–H and O–H groups in total. The monoisotopic (exact) mass is 281 g/mol. The molecular formula is C15H17Cl2N. The van der Waals surface area contributed by atoms with E-state index in [0.717, 1.165) is 0 Å². The van der Waals surface area contributed by atoms with E-state index >= 15 is 0 Å². The van der Waals surface area contributed by atoms with E-state index in [1.54, 1.807) is 18.2 Å². The zero-order valence-corrected chi connectivity index (χ0v) is 12.0. The summed E-state index contributed by atoms with van der Waals surface area (Å²) in [6.45, 7) is 4.41. The SMILES string of the molecule is CC(C)c1ccccc1.Nc1ccc(Cl)c(Cl)c1. The highest BCUT2D eigenvalue weighted by atomic mass is 35.5. The summed E-state index contributed by atoms with van der Waals surface area (Å²) in [7, 11) is 0. The topological polar surface area (TPSA) is 26.0 Å². The predicted molar refractivity (Wildman–Crippen MR) is 81.4 cm³/mol. The Morgan fingerprint density at radius 3 is 1.89 bits per heavy atom. The Morgan fingerprint density at radius 2 is 1.50 bits per heavy atom. The fraction of sp³-hybridized carbons (Fsp3) is 0.200. The number of rotatable bonds is 1.